The van der Waals surface area contributed by atoms with E-state index in [1.807, 2.05) is 60.7 Å². The predicted octanol–water partition coefficient (Wildman–Crippen LogP) is 4.00. The molecule has 40 heavy (non-hydrogen) atoms. The van der Waals surface area contributed by atoms with Gasteiger partial charge >= 0.3 is 10.2 Å². The lowest BCUT2D eigenvalue weighted by Crippen LogP contribution is -2.55. The van der Waals surface area contributed by atoms with E-state index in [0.717, 1.165) is 45.4 Å². The molecule has 1 fully saturated rings. The normalized spacial score (nSPS) is 14.6. The molecule has 3 aromatic carbocycles. The van der Waals surface area contributed by atoms with Gasteiger partial charge in [-0.1, -0.05) is 91.7 Å². The number of para-hydroxylation sites is 1. The second-order valence-corrected chi connectivity index (χ2v) is 12.4. The van der Waals surface area contributed by atoms with Gasteiger partial charge in [0.15, 0.2) is 0 Å². The van der Waals surface area contributed by atoms with Crippen LogP contribution in [0.5, 0.6) is 0 Å². The number of hydrogen-bond donors (Lipinski definition) is 1. The molecule has 212 valence electrons. The Morgan fingerprint density at radius 1 is 0.825 bits per heavy atom. The van der Waals surface area contributed by atoms with E-state index in [1.165, 1.54) is 19.0 Å². The summed E-state index contributed by atoms with van der Waals surface area (Å²) in [4.78, 5) is 29.6. The van der Waals surface area contributed by atoms with Gasteiger partial charge in [-0.05, 0) is 36.1 Å². The first-order valence-electron chi connectivity index (χ1n) is 13.7. The Hall–Kier alpha value is -3.69. The molecule has 0 bridgehead atoms. The maximum absolute atomic E-state index is 14.2. The zero-order chi connectivity index (χ0) is 28.5. The fourth-order valence-electron chi connectivity index (χ4n) is 5.01. The largest absolute Gasteiger partial charge is 0.352 e. The number of amides is 2. The monoisotopic (exact) mass is 562 g/mol. The summed E-state index contributed by atoms with van der Waals surface area (Å²) in [5.41, 5.74) is 2.14. The number of anilines is 1. The maximum atomic E-state index is 14.2. The Bertz CT molecular complexity index is 1350. The quantitative estimate of drug-likeness (QED) is 0.361. The first-order valence-corrected chi connectivity index (χ1v) is 15.1. The van der Waals surface area contributed by atoms with Gasteiger partial charge in [-0.15, -0.1) is 0 Å². The van der Waals surface area contributed by atoms with Crippen LogP contribution in [-0.2, 0) is 32.8 Å². The van der Waals surface area contributed by atoms with E-state index in [-0.39, 0.29) is 18.5 Å². The third-order valence-corrected chi connectivity index (χ3v) is 9.05. The number of rotatable bonds is 12. The summed E-state index contributed by atoms with van der Waals surface area (Å²) in [5.74, 6) is -0.678. The van der Waals surface area contributed by atoms with Crippen molar-refractivity contribution in [2.45, 2.75) is 50.7 Å². The summed E-state index contributed by atoms with van der Waals surface area (Å²) in [7, 11) is -1.13. The van der Waals surface area contributed by atoms with Crippen LogP contribution in [0.4, 0.5) is 5.69 Å². The molecule has 1 aliphatic carbocycles. The highest BCUT2D eigenvalue weighted by Crippen LogP contribution is 2.23. The molecule has 2 amide bonds. The lowest BCUT2D eigenvalue weighted by atomic mass is 10.0. The third-order valence-electron chi connectivity index (χ3n) is 7.23. The van der Waals surface area contributed by atoms with Gasteiger partial charge in [0.25, 0.3) is 0 Å². The average molecular weight is 563 g/mol. The Labute approximate surface area is 237 Å². The van der Waals surface area contributed by atoms with Crippen molar-refractivity contribution < 1.29 is 18.0 Å². The van der Waals surface area contributed by atoms with Crippen molar-refractivity contribution in [1.29, 1.82) is 0 Å². The molecular weight excluding hydrogens is 524 g/mol. The summed E-state index contributed by atoms with van der Waals surface area (Å²) in [6, 6.07) is 26.9. The standard InChI is InChI=1S/C31H38N4O4S/c1-33(2)40(38,39)35(28-20-10-5-11-21-28)24-30(36)34(23-26-16-8-4-9-17-26)29(22-25-14-6-3-7-15-25)31(37)32-27-18-12-13-19-27/h3-11,14-17,20-21,27,29H,12-13,18-19,22-24H2,1-2H3,(H,32,37)/t29-/m1/s1. The second-order valence-electron chi connectivity index (χ2n) is 10.3. The predicted molar refractivity (Wildman–Crippen MR) is 158 cm³/mol. The molecule has 9 heteroatoms. The van der Waals surface area contributed by atoms with E-state index >= 15 is 0 Å². The van der Waals surface area contributed by atoms with Crippen LogP contribution in [0.15, 0.2) is 91.0 Å². The topological polar surface area (TPSA) is 90.0 Å². The van der Waals surface area contributed by atoms with E-state index in [4.69, 9.17) is 0 Å². The molecule has 1 saturated carbocycles. The van der Waals surface area contributed by atoms with Gasteiger partial charge in [0.2, 0.25) is 11.8 Å². The van der Waals surface area contributed by atoms with E-state index in [0.29, 0.717) is 12.1 Å². The zero-order valence-corrected chi connectivity index (χ0v) is 24.0. The summed E-state index contributed by atoms with van der Waals surface area (Å²) in [5, 5.41) is 3.18. The lowest BCUT2D eigenvalue weighted by Gasteiger charge is -2.35. The smallest absolute Gasteiger partial charge is 0.304 e. The highest BCUT2D eigenvalue weighted by atomic mass is 32.2. The number of nitrogens with zero attached hydrogens (tertiary/aromatic N) is 3. The molecule has 1 atom stereocenters. The van der Waals surface area contributed by atoms with Crippen LogP contribution < -0.4 is 9.62 Å². The van der Waals surface area contributed by atoms with E-state index in [2.05, 4.69) is 5.32 Å². The van der Waals surface area contributed by atoms with E-state index in [1.54, 1.807) is 30.3 Å². The van der Waals surface area contributed by atoms with E-state index in [9.17, 15) is 18.0 Å². The summed E-state index contributed by atoms with van der Waals surface area (Å²) in [6.45, 7) is -0.279. The highest BCUT2D eigenvalue weighted by molar-refractivity contribution is 7.90. The Morgan fingerprint density at radius 2 is 1.35 bits per heavy atom. The molecule has 1 N–H and O–H groups in total. The third kappa shape index (κ3) is 7.49. The van der Waals surface area contributed by atoms with Gasteiger partial charge in [0, 0.05) is 33.1 Å². The molecule has 8 nitrogen and oxygen atoms in total. The molecule has 0 saturated heterocycles. The lowest BCUT2D eigenvalue weighted by molar-refractivity contribution is -0.140. The van der Waals surface area contributed by atoms with Gasteiger partial charge in [0.05, 0.1) is 5.69 Å². The average Bonchev–Trinajstić information content (AvgIpc) is 3.48. The highest BCUT2D eigenvalue weighted by Gasteiger charge is 2.35. The first-order chi connectivity index (χ1) is 19.3. The zero-order valence-electron chi connectivity index (χ0n) is 23.1. The molecule has 0 heterocycles. The number of carbonyl (C=O) groups excluding carboxylic acids is 2. The maximum Gasteiger partial charge on any atom is 0.304 e. The van der Waals surface area contributed by atoms with Gasteiger partial charge in [-0.3, -0.25) is 9.59 Å². The fraction of sp³-hybridized carbons (Fsp3) is 0.355. The van der Waals surface area contributed by atoms with Crippen molar-refractivity contribution in [3.05, 3.63) is 102 Å². The van der Waals surface area contributed by atoms with E-state index < -0.39 is 28.7 Å². The SMILES string of the molecule is CN(C)S(=O)(=O)N(CC(=O)N(Cc1ccccc1)[C@H](Cc1ccccc1)C(=O)NC1CCCC1)c1ccccc1. The molecule has 3 aromatic rings. The summed E-state index contributed by atoms with van der Waals surface area (Å²) < 4.78 is 28.9. The fourth-order valence-corrected chi connectivity index (χ4v) is 6.07. The Balaban J connectivity index is 1.72. The van der Waals surface area contributed by atoms with Crippen LogP contribution in [0, 0.1) is 0 Å². The Morgan fingerprint density at radius 3 is 1.90 bits per heavy atom. The van der Waals surface area contributed by atoms with Crippen molar-refractivity contribution in [1.82, 2.24) is 14.5 Å². The molecule has 0 radical (unpaired) electrons. The molecule has 0 unspecified atom stereocenters. The minimum atomic E-state index is -4.00. The second kappa shape index (κ2) is 13.6. The van der Waals surface area contributed by atoms with Crippen LogP contribution >= 0.6 is 0 Å². The Kier molecular flexibility index (Phi) is 9.95. The van der Waals surface area contributed by atoms with Gasteiger partial charge in [-0.25, -0.2) is 4.31 Å². The minimum absolute atomic E-state index is 0.0781. The molecular formula is C31H38N4O4S. The van der Waals surface area contributed by atoms with Crippen LogP contribution in [-0.4, -0.2) is 62.2 Å². The van der Waals surface area contributed by atoms with Gasteiger partial charge < -0.3 is 10.2 Å². The number of hydrogen-bond acceptors (Lipinski definition) is 4. The molecule has 1 aliphatic rings. The number of benzene rings is 3. The molecule has 0 aliphatic heterocycles. The first kappa shape index (κ1) is 29.3. The van der Waals surface area contributed by atoms with Crippen molar-refractivity contribution in [3.63, 3.8) is 0 Å². The molecule has 0 aromatic heterocycles. The number of carbonyl (C=O) groups is 2. The van der Waals surface area contributed by atoms with Crippen LogP contribution in [0.25, 0.3) is 0 Å². The van der Waals surface area contributed by atoms with Crippen LogP contribution in [0.2, 0.25) is 0 Å². The van der Waals surface area contributed by atoms with Crippen molar-refractivity contribution in [2.75, 3.05) is 24.9 Å². The molecule has 4 rings (SSSR count). The van der Waals surface area contributed by atoms with Gasteiger partial charge in [-0.2, -0.15) is 12.7 Å². The van der Waals surface area contributed by atoms with Crippen molar-refractivity contribution in [2.24, 2.45) is 0 Å². The summed E-state index contributed by atoms with van der Waals surface area (Å²) >= 11 is 0. The van der Waals surface area contributed by atoms with Crippen LogP contribution in [0.1, 0.15) is 36.8 Å². The van der Waals surface area contributed by atoms with Crippen LogP contribution in [0.3, 0.4) is 0 Å². The van der Waals surface area contributed by atoms with Gasteiger partial charge in [0.1, 0.15) is 12.6 Å². The summed E-state index contributed by atoms with van der Waals surface area (Å²) in [6.07, 6.45) is 4.27. The number of nitrogens with one attached hydrogen (secondary N) is 1. The molecule has 0 spiro atoms. The van der Waals surface area contributed by atoms with Crippen molar-refractivity contribution >= 4 is 27.7 Å². The van der Waals surface area contributed by atoms with Crippen molar-refractivity contribution in [3.8, 4) is 0 Å². The minimum Gasteiger partial charge on any atom is -0.352 e.